The Balaban J connectivity index is 1.99. The van der Waals surface area contributed by atoms with Crippen molar-refractivity contribution in [3.8, 4) is 0 Å². The smallest absolute Gasteiger partial charge is 0.269 e. The molecule has 0 bridgehead atoms. The van der Waals surface area contributed by atoms with Crippen LogP contribution in [0.4, 0.5) is 5.69 Å². The monoisotopic (exact) mass is 311 g/mol. The molecule has 0 amide bonds. The first-order valence-electron chi connectivity index (χ1n) is 6.05. The number of aromatic nitrogens is 1. The zero-order chi connectivity index (χ0) is 15.5. The van der Waals surface area contributed by atoms with Crippen molar-refractivity contribution in [2.45, 2.75) is 18.2 Å². The highest BCUT2D eigenvalue weighted by Crippen LogP contribution is 2.15. The molecule has 1 heterocycles. The second-order valence-corrected chi connectivity index (χ2v) is 6.10. The number of hydrogen-bond acceptors (Lipinski definition) is 6. The van der Waals surface area contributed by atoms with Gasteiger partial charge in [0.1, 0.15) is 5.76 Å². The first-order chi connectivity index (χ1) is 9.88. The van der Waals surface area contributed by atoms with E-state index < -0.39 is 14.9 Å². The highest BCUT2D eigenvalue weighted by Gasteiger charge is 2.15. The van der Waals surface area contributed by atoms with Gasteiger partial charge in [-0.1, -0.05) is 5.16 Å². The van der Waals surface area contributed by atoms with Crippen LogP contribution >= 0.6 is 0 Å². The van der Waals surface area contributed by atoms with Gasteiger partial charge < -0.3 is 4.52 Å². The van der Waals surface area contributed by atoms with E-state index in [1.54, 1.807) is 13.0 Å². The van der Waals surface area contributed by atoms with Gasteiger partial charge in [-0.15, -0.1) is 0 Å². The standard InChI is InChI=1S/C12H13N3O5S/c1-9-8-11(20-14-9)6-7-13-21(18,19)12-4-2-10(3-5-12)15(16)17/h2-5,8,13H,6-7H2,1H3. The van der Waals surface area contributed by atoms with Gasteiger partial charge in [0.2, 0.25) is 10.0 Å². The number of nitrogens with zero attached hydrogens (tertiary/aromatic N) is 2. The lowest BCUT2D eigenvalue weighted by Gasteiger charge is -2.05. The Bertz CT molecular complexity index is 737. The molecule has 1 aromatic carbocycles. The highest BCUT2D eigenvalue weighted by molar-refractivity contribution is 7.89. The summed E-state index contributed by atoms with van der Waals surface area (Å²) in [5.74, 6) is 0.582. The fourth-order valence-electron chi connectivity index (χ4n) is 1.67. The van der Waals surface area contributed by atoms with Crippen LogP contribution in [0.1, 0.15) is 11.5 Å². The normalized spacial score (nSPS) is 11.5. The van der Waals surface area contributed by atoms with E-state index in [4.69, 9.17) is 4.52 Å². The molecule has 0 aliphatic rings. The molecule has 0 spiro atoms. The molecule has 8 nitrogen and oxygen atoms in total. The Kier molecular flexibility index (Phi) is 4.34. The van der Waals surface area contributed by atoms with E-state index in [9.17, 15) is 18.5 Å². The van der Waals surface area contributed by atoms with Gasteiger partial charge >= 0.3 is 0 Å². The van der Waals surface area contributed by atoms with Crippen LogP contribution in [0, 0.1) is 17.0 Å². The molecule has 0 radical (unpaired) electrons. The third kappa shape index (κ3) is 3.86. The fourth-order valence-corrected chi connectivity index (χ4v) is 2.70. The van der Waals surface area contributed by atoms with Crippen molar-refractivity contribution in [1.29, 1.82) is 0 Å². The number of nitro benzene ring substituents is 1. The average molecular weight is 311 g/mol. The quantitative estimate of drug-likeness (QED) is 0.637. The Morgan fingerprint density at radius 2 is 2.00 bits per heavy atom. The fraction of sp³-hybridized carbons (Fsp3) is 0.250. The molecule has 1 N–H and O–H groups in total. The minimum absolute atomic E-state index is 0.0261. The second-order valence-electron chi connectivity index (χ2n) is 4.33. The summed E-state index contributed by atoms with van der Waals surface area (Å²) in [4.78, 5) is 9.90. The van der Waals surface area contributed by atoms with E-state index in [1.165, 1.54) is 12.1 Å². The molecule has 1 aromatic heterocycles. The van der Waals surface area contributed by atoms with Crippen molar-refractivity contribution in [1.82, 2.24) is 9.88 Å². The van der Waals surface area contributed by atoms with Gasteiger partial charge in [0.25, 0.3) is 5.69 Å². The minimum atomic E-state index is -3.70. The summed E-state index contributed by atoms with van der Waals surface area (Å²) in [6.07, 6.45) is 0.368. The molecule has 0 atom stereocenters. The maximum absolute atomic E-state index is 12.0. The SMILES string of the molecule is Cc1cc(CCNS(=O)(=O)c2ccc([N+](=O)[O-])cc2)on1. The second kappa shape index (κ2) is 6.02. The number of benzene rings is 1. The molecule has 0 saturated carbocycles. The lowest BCUT2D eigenvalue weighted by molar-refractivity contribution is -0.384. The van der Waals surface area contributed by atoms with Crippen LogP contribution in [0.25, 0.3) is 0 Å². The Hall–Kier alpha value is -2.26. The Morgan fingerprint density at radius 3 is 2.52 bits per heavy atom. The van der Waals surface area contributed by atoms with Crippen LogP contribution in [-0.2, 0) is 16.4 Å². The zero-order valence-electron chi connectivity index (χ0n) is 11.1. The van der Waals surface area contributed by atoms with Crippen LogP contribution in [0.15, 0.2) is 39.8 Å². The summed E-state index contributed by atoms with van der Waals surface area (Å²) in [6.45, 7) is 1.92. The van der Waals surface area contributed by atoms with Crippen molar-refractivity contribution in [3.63, 3.8) is 0 Å². The molecule has 0 aliphatic carbocycles. The molecule has 0 unspecified atom stereocenters. The number of nitro groups is 1. The maximum Gasteiger partial charge on any atom is 0.269 e. The van der Waals surface area contributed by atoms with E-state index in [0.29, 0.717) is 12.2 Å². The predicted octanol–water partition coefficient (Wildman–Crippen LogP) is 1.41. The summed E-state index contributed by atoms with van der Waals surface area (Å²) in [7, 11) is -3.70. The third-order valence-electron chi connectivity index (χ3n) is 2.70. The van der Waals surface area contributed by atoms with Gasteiger partial charge in [-0.3, -0.25) is 10.1 Å². The van der Waals surface area contributed by atoms with Crippen molar-refractivity contribution in [3.05, 3.63) is 51.9 Å². The van der Waals surface area contributed by atoms with Crippen LogP contribution in [0.5, 0.6) is 0 Å². The summed E-state index contributed by atoms with van der Waals surface area (Å²) in [5.41, 5.74) is 0.564. The lowest BCUT2D eigenvalue weighted by Crippen LogP contribution is -2.25. The molecule has 0 fully saturated rings. The predicted molar refractivity (Wildman–Crippen MR) is 73.2 cm³/mol. The van der Waals surface area contributed by atoms with Gasteiger partial charge in [0, 0.05) is 31.2 Å². The topological polar surface area (TPSA) is 115 Å². The summed E-state index contributed by atoms with van der Waals surface area (Å²) in [6, 6.07) is 6.40. The zero-order valence-corrected chi connectivity index (χ0v) is 12.0. The van der Waals surface area contributed by atoms with E-state index in [-0.39, 0.29) is 17.1 Å². The molecular formula is C12H13N3O5S. The number of rotatable bonds is 6. The molecule has 0 saturated heterocycles. The molecule has 9 heteroatoms. The van der Waals surface area contributed by atoms with Crippen LogP contribution in [0.3, 0.4) is 0 Å². The maximum atomic E-state index is 12.0. The Morgan fingerprint density at radius 1 is 1.33 bits per heavy atom. The van der Waals surface area contributed by atoms with Gasteiger partial charge in [-0.05, 0) is 19.1 Å². The number of aryl methyl sites for hydroxylation is 1. The van der Waals surface area contributed by atoms with E-state index >= 15 is 0 Å². The highest BCUT2D eigenvalue weighted by atomic mass is 32.2. The number of non-ortho nitro benzene ring substituents is 1. The van der Waals surface area contributed by atoms with Gasteiger partial charge in [0.05, 0.1) is 15.5 Å². The molecular weight excluding hydrogens is 298 g/mol. The number of sulfonamides is 1. The summed E-state index contributed by atoms with van der Waals surface area (Å²) < 4.78 is 31.3. The third-order valence-corrected chi connectivity index (χ3v) is 4.18. The van der Waals surface area contributed by atoms with Crippen molar-refractivity contribution in [2.24, 2.45) is 0 Å². The molecule has 2 aromatic rings. The minimum Gasteiger partial charge on any atom is -0.361 e. The first-order valence-corrected chi connectivity index (χ1v) is 7.53. The summed E-state index contributed by atoms with van der Waals surface area (Å²) >= 11 is 0. The average Bonchev–Trinajstić information content (AvgIpc) is 2.84. The van der Waals surface area contributed by atoms with Crippen LogP contribution in [-0.4, -0.2) is 25.0 Å². The van der Waals surface area contributed by atoms with Crippen LogP contribution in [0.2, 0.25) is 0 Å². The number of nitrogens with one attached hydrogen (secondary N) is 1. The Labute approximate surface area is 121 Å². The van der Waals surface area contributed by atoms with E-state index in [2.05, 4.69) is 9.88 Å². The van der Waals surface area contributed by atoms with Gasteiger partial charge in [-0.25, -0.2) is 13.1 Å². The van der Waals surface area contributed by atoms with Crippen LogP contribution < -0.4 is 4.72 Å². The summed E-state index contributed by atoms with van der Waals surface area (Å²) in [5, 5.41) is 14.2. The molecule has 21 heavy (non-hydrogen) atoms. The van der Waals surface area contributed by atoms with Gasteiger partial charge in [-0.2, -0.15) is 0 Å². The van der Waals surface area contributed by atoms with Crippen molar-refractivity contribution < 1.29 is 17.9 Å². The number of hydrogen-bond donors (Lipinski definition) is 1. The molecule has 2 rings (SSSR count). The lowest BCUT2D eigenvalue weighted by atomic mass is 10.3. The van der Waals surface area contributed by atoms with Gasteiger partial charge in [0.15, 0.2) is 0 Å². The van der Waals surface area contributed by atoms with E-state index in [0.717, 1.165) is 17.8 Å². The largest absolute Gasteiger partial charge is 0.361 e. The molecule has 0 aliphatic heterocycles. The van der Waals surface area contributed by atoms with Crippen molar-refractivity contribution >= 4 is 15.7 Å². The molecule has 112 valence electrons. The van der Waals surface area contributed by atoms with Crippen molar-refractivity contribution in [2.75, 3.05) is 6.54 Å². The van der Waals surface area contributed by atoms with E-state index in [1.807, 2.05) is 0 Å². The first kappa shape index (κ1) is 15.1.